The lowest BCUT2D eigenvalue weighted by Gasteiger charge is -2.06. The van der Waals surface area contributed by atoms with Gasteiger partial charge in [0.1, 0.15) is 0 Å². The van der Waals surface area contributed by atoms with E-state index in [9.17, 15) is 0 Å². The third-order valence-corrected chi connectivity index (χ3v) is 8.51. The van der Waals surface area contributed by atoms with Crippen LogP contribution in [0.1, 0.15) is 205 Å². The number of hydrogen-bond donors (Lipinski definition) is 1. The van der Waals surface area contributed by atoms with E-state index in [-0.39, 0.29) is 0 Å². The van der Waals surface area contributed by atoms with Gasteiger partial charge in [-0.15, -0.1) is 0 Å². The van der Waals surface area contributed by atoms with E-state index in [2.05, 4.69) is 31.1 Å². The molecular weight excluding hydrogens is 446 g/mol. The number of aromatic nitrogens is 1. The number of aryl methyl sites for hydroxylation is 2. The van der Waals surface area contributed by atoms with Gasteiger partial charge in [-0.3, -0.25) is 0 Å². The molecule has 1 heteroatoms. The van der Waals surface area contributed by atoms with Gasteiger partial charge < -0.3 is 4.98 Å². The van der Waals surface area contributed by atoms with E-state index in [0.717, 1.165) is 0 Å². The summed E-state index contributed by atoms with van der Waals surface area (Å²) in [5, 5.41) is 0. The highest BCUT2D eigenvalue weighted by atomic mass is 14.7. The lowest BCUT2D eigenvalue weighted by molar-refractivity contribution is 0.534. The summed E-state index contributed by atoms with van der Waals surface area (Å²) in [7, 11) is 0. The van der Waals surface area contributed by atoms with Crippen molar-refractivity contribution in [3.05, 3.63) is 23.5 Å². The van der Waals surface area contributed by atoms with Crippen molar-refractivity contribution >= 4 is 0 Å². The Morgan fingerprint density at radius 1 is 0.378 bits per heavy atom. The third kappa shape index (κ3) is 22.9. The molecule has 0 saturated heterocycles. The lowest BCUT2D eigenvalue weighted by Crippen LogP contribution is -1.94. The maximum absolute atomic E-state index is 3.55. The van der Waals surface area contributed by atoms with Crippen LogP contribution in [0, 0.1) is 0 Å². The summed E-state index contributed by atoms with van der Waals surface area (Å²) in [6.45, 7) is 4.61. The predicted molar refractivity (Wildman–Crippen MR) is 169 cm³/mol. The zero-order valence-corrected chi connectivity index (χ0v) is 25.9. The van der Waals surface area contributed by atoms with E-state index in [4.69, 9.17) is 0 Å². The Hall–Kier alpha value is -0.720. The molecule has 0 aromatic carbocycles. The van der Waals surface area contributed by atoms with Crippen molar-refractivity contribution in [3.8, 4) is 0 Å². The van der Waals surface area contributed by atoms with E-state index >= 15 is 0 Å². The van der Waals surface area contributed by atoms with E-state index in [0.29, 0.717) is 0 Å². The predicted octanol–water partition coefficient (Wildman–Crippen LogP) is 13.1. The molecule has 1 heterocycles. The summed E-state index contributed by atoms with van der Waals surface area (Å²) in [5.41, 5.74) is 3.14. The molecule has 1 aromatic rings. The standard InChI is InChI=1S/C36H69N/c1-3-5-7-9-11-13-15-17-19-21-23-25-27-29-31-35-33-34-37-36(35)32-30-28-26-24-22-20-18-16-14-12-10-8-6-4-2/h33-34,37H,3-32H2,1-2H3. The van der Waals surface area contributed by atoms with Crippen molar-refractivity contribution in [2.45, 2.75) is 206 Å². The quantitative estimate of drug-likeness (QED) is 0.0980. The molecule has 0 aliphatic carbocycles. The smallest absolute Gasteiger partial charge is 0.0179 e. The van der Waals surface area contributed by atoms with Gasteiger partial charge in [0, 0.05) is 11.9 Å². The Morgan fingerprint density at radius 2 is 0.676 bits per heavy atom. The van der Waals surface area contributed by atoms with Crippen molar-refractivity contribution in [1.82, 2.24) is 4.98 Å². The molecule has 0 amide bonds. The lowest BCUT2D eigenvalue weighted by atomic mass is 10.0. The maximum Gasteiger partial charge on any atom is 0.0179 e. The highest BCUT2D eigenvalue weighted by Gasteiger charge is 2.04. The summed E-state index contributed by atoms with van der Waals surface area (Å²) in [6.07, 6.45) is 45.2. The Bertz CT molecular complexity index is 498. The first-order valence-electron chi connectivity index (χ1n) is 17.5. The maximum atomic E-state index is 3.55. The molecule has 37 heavy (non-hydrogen) atoms. The van der Waals surface area contributed by atoms with E-state index in [1.807, 2.05) is 0 Å². The van der Waals surface area contributed by atoms with Gasteiger partial charge in [-0.2, -0.15) is 0 Å². The molecule has 0 aliphatic rings. The van der Waals surface area contributed by atoms with Gasteiger partial charge in [0.15, 0.2) is 0 Å². The first-order valence-corrected chi connectivity index (χ1v) is 17.5. The molecule has 218 valence electrons. The Kier molecular flexibility index (Phi) is 26.2. The molecule has 0 aliphatic heterocycles. The summed E-state index contributed by atoms with van der Waals surface area (Å²) < 4.78 is 0. The minimum atomic E-state index is 1.26. The van der Waals surface area contributed by atoms with Crippen LogP contribution in [0.4, 0.5) is 0 Å². The van der Waals surface area contributed by atoms with E-state index < -0.39 is 0 Å². The molecule has 0 radical (unpaired) electrons. The van der Waals surface area contributed by atoms with Gasteiger partial charge >= 0.3 is 0 Å². The summed E-state index contributed by atoms with van der Waals surface area (Å²) >= 11 is 0. The Labute approximate surface area is 234 Å². The molecule has 0 bridgehead atoms. The van der Waals surface area contributed by atoms with Crippen molar-refractivity contribution in [3.63, 3.8) is 0 Å². The van der Waals surface area contributed by atoms with Crippen molar-refractivity contribution < 1.29 is 0 Å². The Balaban J connectivity index is 1.85. The van der Waals surface area contributed by atoms with Crippen molar-refractivity contribution in [2.75, 3.05) is 0 Å². The summed E-state index contributed by atoms with van der Waals surface area (Å²) in [6, 6.07) is 2.35. The topological polar surface area (TPSA) is 15.8 Å². The molecule has 1 aromatic heterocycles. The fraction of sp³-hybridized carbons (Fsp3) is 0.889. The SMILES string of the molecule is CCCCCCCCCCCCCCCCc1cc[nH]c1CCCCCCCCCCCCCCCC. The van der Waals surface area contributed by atoms with Crippen LogP contribution < -0.4 is 0 Å². The van der Waals surface area contributed by atoms with Crippen LogP contribution in [0.5, 0.6) is 0 Å². The molecule has 1 nitrogen and oxygen atoms in total. The van der Waals surface area contributed by atoms with Crippen LogP contribution in [-0.2, 0) is 12.8 Å². The van der Waals surface area contributed by atoms with Crippen LogP contribution >= 0.6 is 0 Å². The summed E-state index contributed by atoms with van der Waals surface area (Å²) in [5.74, 6) is 0. The fourth-order valence-electron chi connectivity index (χ4n) is 5.91. The van der Waals surface area contributed by atoms with Crippen LogP contribution in [0.2, 0.25) is 0 Å². The number of unbranched alkanes of at least 4 members (excludes halogenated alkanes) is 26. The molecular formula is C36H69N. The van der Waals surface area contributed by atoms with Crippen LogP contribution in [-0.4, -0.2) is 4.98 Å². The second-order valence-corrected chi connectivity index (χ2v) is 12.2. The average molecular weight is 516 g/mol. The molecule has 1 N–H and O–H groups in total. The molecule has 1 rings (SSSR count). The normalized spacial score (nSPS) is 11.5. The third-order valence-electron chi connectivity index (χ3n) is 8.51. The van der Waals surface area contributed by atoms with Gasteiger partial charge in [0.05, 0.1) is 0 Å². The van der Waals surface area contributed by atoms with E-state index in [1.165, 1.54) is 198 Å². The second-order valence-electron chi connectivity index (χ2n) is 12.2. The number of hydrogen-bond acceptors (Lipinski definition) is 0. The number of rotatable bonds is 30. The van der Waals surface area contributed by atoms with Crippen LogP contribution in [0.25, 0.3) is 0 Å². The fourth-order valence-corrected chi connectivity index (χ4v) is 5.91. The first kappa shape index (κ1) is 34.3. The Morgan fingerprint density at radius 3 is 1.03 bits per heavy atom. The van der Waals surface area contributed by atoms with Crippen LogP contribution in [0.3, 0.4) is 0 Å². The minimum absolute atomic E-state index is 1.26. The minimum Gasteiger partial charge on any atom is -0.365 e. The molecule has 0 unspecified atom stereocenters. The molecule has 0 atom stereocenters. The van der Waals surface area contributed by atoms with E-state index in [1.54, 1.807) is 5.56 Å². The van der Waals surface area contributed by atoms with Gasteiger partial charge in [-0.1, -0.05) is 181 Å². The highest BCUT2D eigenvalue weighted by molar-refractivity contribution is 5.20. The number of nitrogens with one attached hydrogen (secondary N) is 1. The average Bonchev–Trinajstić information content (AvgIpc) is 3.36. The zero-order chi connectivity index (χ0) is 26.5. The second kappa shape index (κ2) is 28.3. The largest absolute Gasteiger partial charge is 0.365 e. The molecule has 0 saturated carbocycles. The molecule has 0 spiro atoms. The van der Waals surface area contributed by atoms with Crippen molar-refractivity contribution in [2.24, 2.45) is 0 Å². The number of H-pyrrole nitrogens is 1. The van der Waals surface area contributed by atoms with Gasteiger partial charge in [-0.25, -0.2) is 0 Å². The first-order chi connectivity index (χ1) is 18.4. The monoisotopic (exact) mass is 516 g/mol. The van der Waals surface area contributed by atoms with Gasteiger partial charge in [0.2, 0.25) is 0 Å². The van der Waals surface area contributed by atoms with Crippen LogP contribution in [0.15, 0.2) is 12.3 Å². The number of aromatic amines is 1. The zero-order valence-electron chi connectivity index (χ0n) is 25.9. The van der Waals surface area contributed by atoms with Gasteiger partial charge in [-0.05, 0) is 37.3 Å². The molecule has 0 fully saturated rings. The summed E-state index contributed by atoms with van der Waals surface area (Å²) in [4.78, 5) is 3.55. The van der Waals surface area contributed by atoms with Crippen molar-refractivity contribution in [1.29, 1.82) is 0 Å². The van der Waals surface area contributed by atoms with Gasteiger partial charge in [0.25, 0.3) is 0 Å². The highest BCUT2D eigenvalue weighted by Crippen LogP contribution is 2.18.